The Bertz CT molecular complexity index is 173. The van der Waals surface area contributed by atoms with Crippen LogP contribution >= 0.6 is 0 Å². The number of nitrogens with zero attached hydrogens (tertiary/aromatic N) is 1. The van der Waals surface area contributed by atoms with Crippen LogP contribution in [0.4, 0.5) is 0 Å². The molecule has 13 heavy (non-hydrogen) atoms. The van der Waals surface area contributed by atoms with Crippen LogP contribution < -0.4 is 0 Å². The molecule has 4 atom stereocenters. The predicted octanol–water partition coefficient (Wildman–Crippen LogP) is 2.04. The third-order valence-electron chi connectivity index (χ3n) is 3.74. The lowest BCUT2D eigenvalue weighted by molar-refractivity contribution is 0.0567. The minimum Gasteiger partial charge on any atom is -0.377 e. The van der Waals surface area contributed by atoms with Crippen molar-refractivity contribution in [3.05, 3.63) is 0 Å². The fourth-order valence-electron chi connectivity index (χ4n) is 2.98. The number of hydrogen-bond acceptors (Lipinski definition) is 2. The third-order valence-corrected chi connectivity index (χ3v) is 3.74. The van der Waals surface area contributed by atoms with Crippen LogP contribution in [0.15, 0.2) is 0 Å². The Morgan fingerprint density at radius 1 is 1.00 bits per heavy atom. The predicted molar refractivity (Wildman–Crippen MR) is 53.8 cm³/mol. The maximum absolute atomic E-state index is 5.63. The normalized spacial score (nSPS) is 47.3. The molecule has 0 aromatic carbocycles. The van der Waals surface area contributed by atoms with Crippen molar-refractivity contribution in [3.8, 4) is 0 Å². The molecule has 0 aromatic heterocycles. The quantitative estimate of drug-likeness (QED) is 0.617. The first kappa shape index (κ1) is 9.47. The molecule has 0 N–H and O–H groups in total. The van der Waals surface area contributed by atoms with Gasteiger partial charge in [0.25, 0.3) is 0 Å². The zero-order chi connectivity index (χ0) is 9.42. The highest BCUT2D eigenvalue weighted by atomic mass is 16.5. The summed E-state index contributed by atoms with van der Waals surface area (Å²) in [7, 11) is 0. The summed E-state index contributed by atoms with van der Waals surface area (Å²) < 4.78 is 5.63. The zero-order valence-corrected chi connectivity index (χ0v) is 8.99. The minimum atomic E-state index is 0.447. The summed E-state index contributed by atoms with van der Waals surface area (Å²) in [5.41, 5.74) is 0. The van der Waals surface area contributed by atoms with Crippen LogP contribution in [-0.2, 0) is 4.74 Å². The molecule has 0 aromatic rings. The maximum Gasteiger partial charge on any atom is 0.0703 e. The van der Waals surface area contributed by atoms with Crippen LogP contribution in [0.1, 0.15) is 40.0 Å². The van der Waals surface area contributed by atoms with Crippen molar-refractivity contribution in [1.29, 1.82) is 0 Å². The molecule has 2 rings (SSSR count). The summed E-state index contributed by atoms with van der Waals surface area (Å²) in [6, 6.07) is 2.22. The first-order valence-electron chi connectivity index (χ1n) is 5.59. The Balaban J connectivity index is 2.05. The molecule has 2 nitrogen and oxygen atoms in total. The lowest BCUT2D eigenvalue weighted by Gasteiger charge is -2.34. The van der Waals surface area contributed by atoms with E-state index in [4.69, 9.17) is 4.74 Å². The number of ether oxygens (including phenoxy) is 1. The molecule has 2 heteroatoms. The van der Waals surface area contributed by atoms with Crippen molar-refractivity contribution < 1.29 is 4.74 Å². The molecular formula is C11H21NO. The number of likely N-dealkylation sites (tertiary alicyclic amines) is 1. The van der Waals surface area contributed by atoms with E-state index in [2.05, 4.69) is 25.7 Å². The second kappa shape index (κ2) is 3.58. The molecular weight excluding hydrogens is 162 g/mol. The van der Waals surface area contributed by atoms with E-state index in [1.165, 1.54) is 19.3 Å². The van der Waals surface area contributed by atoms with Gasteiger partial charge >= 0.3 is 0 Å². The van der Waals surface area contributed by atoms with Gasteiger partial charge in [0.1, 0.15) is 0 Å². The van der Waals surface area contributed by atoms with Crippen molar-refractivity contribution in [3.63, 3.8) is 0 Å². The van der Waals surface area contributed by atoms with Gasteiger partial charge in [0.05, 0.1) is 6.10 Å². The van der Waals surface area contributed by atoms with E-state index >= 15 is 0 Å². The van der Waals surface area contributed by atoms with Gasteiger partial charge < -0.3 is 4.74 Å². The highest BCUT2D eigenvalue weighted by Crippen LogP contribution is 2.31. The fraction of sp³-hybridized carbons (Fsp3) is 1.00. The van der Waals surface area contributed by atoms with Gasteiger partial charge in [0.2, 0.25) is 0 Å². The summed E-state index contributed by atoms with van der Waals surface area (Å²) in [5.74, 6) is 0. The Kier molecular flexibility index (Phi) is 2.61. The summed E-state index contributed by atoms with van der Waals surface area (Å²) >= 11 is 0. The van der Waals surface area contributed by atoms with E-state index in [9.17, 15) is 0 Å². The van der Waals surface area contributed by atoms with Crippen LogP contribution in [0.25, 0.3) is 0 Å². The topological polar surface area (TPSA) is 12.5 Å². The largest absolute Gasteiger partial charge is 0.377 e. The molecule has 2 aliphatic heterocycles. The highest BCUT2D eigenvalue weighted by Gasteiger charge is 2.38. The van der Waals surface area contributed by atoms with Gasteiger partial charge in [-0.2, -0.15) is 0 Å². The molecule has 0 bridgehead atoms. The van der Waals surface area contributed by atoms with Gasteiger partial charge in [-0.3, -0.25) is 4.90 Å². The van der Waals surface area contributed by atoms with Crippen LogP contribution in [0.2, 0.25) is 0 Å². The van der Waals surface area contributed by atoms with Gasteiger partial charge in [0.15, 0.2) is 0 Å². The van der Waals surface area contributed by atoms with Crippen molar-refractivity contribution in [2.45, 2.75) is 64.3 Å². The van der Waals surface area contributed by atoms with Gasteiger partial charge in [-0.25, -0.2) is 0 Å². The third kappa shape index (κ3) is 1.62. The smallest absolute Gasteiger partial charge is 0.0703 e. The number of rotatable bonds is 1. The minimum absolute atomic E-state index is 0.447. The van der Waals surface area contributed by atoms with Crippen molar-refractivity contribution >= 4 is 0 Å². The van der Waals surface area contributed by atoms with Crippen molar-refractivity contribution in [2.24, 2.45) is 0 Å². The van der Waals surface area contributed by atoms with Crippen LogP contribution in [-0.4, -0.2) is 35.7 Å². The number of hydrogen-bond donors (Lipinski definition) is 0. The SMILES string of the molecule is CC1OCCC1N1C(C)CCC1C. The molecule has 2 heterocycles. The Hall–Kier alpha value is -0.0800. The van der Waals surface area contributed by atoms with E-state index in [0.717, 1.165) is 18.7 Å². The van der Waals surface area contributed by atoms with Gasteiger partial charge in [-0.05, 0) is 40.0 Å². The molecule has 2 aliphatic rings. The van der Waals surface area contributed by atoms with Gasteiger partial charge in [-0.15, -0.1) is 0 Å². The molecule has 4 unspecified atom stereocenters. The standard InChI is InChI=1S/C11H21NO/c1-8-4-5-9(2)12(8)11-6-7-13-10(11)3/h8-11H,4-7H2,1-3H3. The molecule has 76 valence electrons. The van der Waals surface area contributed by atoms with Crippen LogP contribution in [0.5, 0.6) is 0 Å². The zero-order valence-electron chi connectivity index (χ0n) is 8.99. The summed E-state index contributed by atoms with van der Waals surface area (Å²) in [4.78, 5) is 2.68. The maximum atomic E-state index is 5.63. The van der Waals surface area contributed by atoms with E-state index in [-0.39, 0.29) is 0 Å². The average molecular weight is 183 g/mol. The van der Waals surface area contributed by atoms with Crippen molar-refractivity contribution in [1.82, 2.24) is 4.90 Å². The van der Waals surface area contributed by atoms with Gasteiger partial charge in [-0.1, -0.05) is 0 Å². The highest BCUT2D eigenvalue weighted by molar-refractivity contribution is 4.92. The van der Waals surface area contributed by atoms with Gasteiger partial charge in [0, 0.05) is 24.7 Å². The lowest BCUT2D eigenvalue weighted by Crippen LogP contribution is -2.45. The van der Waals surface area contributed by atoms with E-state index in [1.54, 1.807) is 0 Å². The molecule has 0 aliphatic carbocycles. The van der Waals surface area contributed by atoms with Crippen LogP contribution in [0.3, 0.4) is 0 Å². The first-order chi connectivity index (χ1) is 6.20. The van der Waals surface area contributed by atoms with Crippen LogP contribution in [0, 0.1) is 0 Å². The monoisotopic (exact) mass is 183 g/mol. The molecule has 0 radical (unpaired) electrons. The second-order valence-corrected chi connectivity index (χ2v) is 4.65. The van der Waals surface area contributed by atoms with E-state index in [0.29, 0.717) is 12.1 Å². The average Bonchev–Trinajstić information content (AvgIpc) is 2.60. The first-order valence-corrected chi connectivity index (χ1v) is 5.59. The second-order valence-electron chi connectivity index (χ2n) is 4.65. The fourth-order valence-corrected chi connectivity index (χ4v) is 2.98. The van der Waals surface area contributed by atoms with E-state index in [1.807, 2.05) is 0 Å². The molecule has 0 saturated carbocycles. The Labute approximate surface area is 81.3 Å². The molecule has 2 saturated heterocycles. The Morgan fingerprint density at radius 3 is 2.08 bits per heavy atom. The molecule has 2 fully saturated rings. The summed E-state index contributed by atoms with van der Waals surface area (Å²) in [6.45, 7) is 7.89. The molecule has 0 spiro atoms. The van der Waals surface area contributed by atoms with Crippen molar-refractivity contribution in [2.75, 3.05) is 6.61 Å². The lowest BCUT2D eigenvalue weighted by atomic mass is 10.1. The Morgan fingerprint density at radius 2 is 1.62 bits per heavy atom. The summed E-state index contributed by atoms with van der Waals surface area (Å²) in [5, 5.41) is 0. The van der Waals surface area contributed by atoms with E-state index < -0.39 is 0 Å². The summed E-state index contributed by atoms with van der Waals surface area (Å²) in [6.07, 6.45) is 4.41. The molecule has 0 amide bonds.